The van der Waals surface area contributed by atoms with Crippen LogP contribution in [-0.2, 0) is 22.2 Å². The minimum absolute atomic E-state index is 0.236. The minimum atomic E-state index is -4.61. The summed E-state index contributed by atoms with van der Waals surface area (Å²) in [5.74, 6) is 0.687. The van der Waals surface area contributed by atoms with E-state index in [0.29, 0.717) is 17.7 Å². The molecule has 4 N–H and O–H groups in total. The Bertz CT molecular complexity index is 1220. The Morgan fingerprint density at radius 1 is 1.06 bits per heavy atom. The van der Waals surface area contributed by atoms with Gasteiger partial charge >= 0.3 is 7.82 Å². The molecule has 9 nitrogen and oxygen atoms in total. The molecule has 0 unspecified atom stereocenters. The Labute approximate surface area is 178 Å². The van der Waals surface area contributed by atoms with Gasteiger partial charge in [-0.2, -0.15) is 0 Å². The molecule has 158 valence electrons. The van der Waals surface area contributed by atoms with Gasteiger partial charge in [0.2, 0.25) is 6.73 Å². The van der Waals surface area contributed by atoms with Gasteiger partial charge in [-0.05, 0) is 41.0 Å². The Kier molecular flexibility index (Phi) is 5.92. The van der Waals surface area contributed by atoms with Crippen LogP contribution < -0.4 is 10.3 Å². The third-order valence-electron chi connectivity index (χ3n) is 4.66. The van der Waals surface area contributed by atoms with E-state index in [1.165, 1.54) is 4.57 Å². The van der Waals surface area contributed by atoms with Crippen molar-refractivity contribution in [2.24, 2.45) is 0 Å². The minimum Gasteiger partial charge on any atom is -0.356 e. The molecule has 31 heavy (non-hydrogen) atoms. The van der Waals surface area contributed by atoms with Crippen LogP contribution >= 0.6 is 7.82 Å². The maximum absolute atomic E-state index is 10.9. The van der Waals surface area contributed by atoms with Crippen molar-refractivity contribution in [2.45, 2.75) is 13.2 Å². The molecule has 0 bridgehead atoms. The average molecular weight is 439 g/mol. The molecular weight excluding hydrogens is 419 g/mol. The van der Waals surface area contributed by atoms with Gasteiger partial charge in [0.1, 0.15) is 5.56 Å². The van der Waals surface area contributed by atoms with Crippen molar-refractivity contribution in [2.75, 3.05) is 5.73 Å². The number of aromatic nitrogens is 3. The topological polar surface area (TPSA) is 136 Å². The third kappa shape index (κ3) is 5.22. The monoisotopic (exact) mass is 439 g/mol. The van der Waals surface area contributed by atoms with Gasteiger partial charge in [-0.25, -0.2) is 13.7 Å². The highest BCUT2D eigenvalue weighted by Crippen LogP contribution is 2.35. The zero-order valence-electron chi connectivity index (χ0n) is 16.3. The molecule has 0 aliphatic carbocycles. The van der Waals surface area contributed by atoms with E-state index in [1.807, 2.05) is 36.4 Å². The number of rotatable bonds is 7. The summed E-state index contributed by atoms with van der Waals surface area (Å²) in [7, 11) is -4.61. The van der Waals surface area contributed by atoms with Crippen molar-refractivity contribution >= 4 is 13.6 Å². The highest BCUT2D eigenvalue weighted by molar-refractivity contribution is 7.46. The Morgan fingerprint density at radius 3 is 2.48 bits per heavy atom. The first kappa shape index (κ1) is 20.9. The number of hydrogen-bond donors (Lipinski definition) is 3. The number of phosphoric ester groups is 1. The lowest BCUT2D eigenvalue weighted by molar-refractivity contribution is -0.711. The molecule has 0 spiro atoms. The van der Waals surface area contributed by atoms with E-state index in [9.17, 15) is 4.57 Å². The molecule has 0 atom stereocenters. The van der Waals surface area contributed by atoms with Gasteiger partial charge in [-0.3, -0.25) is 10.7 Å². The number of nitrogens with two attached hydrogens (primary N) is 1. The number of pyridine rings is 2. The van der Waals surface area contributed by atoms with E-state index in [4.69, 9.17) is 20.0 Å². The first-order valence-corrected chi connectivity index (χ1v) is 10.9. The summed E-state index contributed by atoms with van der Waals surface area (Å²) in [4.78, 5) is 21.8. The normalized spacial score (nSPS) is 11.5. The molecule has 0 aliphatic heterocycles. The second kappa shape index (κ2) is 8.79. The van der Waals surface area contributed by atoms with E-state index in [2.05, 4.69) is 14.7 Å². The van der Waals surface area contributed by atoms with Crippen molar-refractivity contribution in [1.82, 2.24) is 10.1 Å². The Morgan fingerprint density at radius 2 is 1.77 bits per heavy atom. The predicted molar refractivity (Wildman–Crippen MR) is 112 cm³/mol. The summed E-state index contributed by atoms with van der Waals surface area (Å²) in [6.07, 6.45) is 5.65. The molecule has 0 amide bonds. The molecular formula is C21H20N4O5P+. The number of anilines is 1. The molecule has 4 aromatic rings. The average Bonchev–Trinajstić information content (AvgIpc) is 3.22. The molecule has 10 heteroatoms. The summed E-state index contributed by atoms with van der Waals surface area (Å²) in [6, 6.07) is 17.3. The quantitative estimate of drug-likeness (QED) is 0.295. The summed E-state index contributed by atoms with van der Waals surface area (Å²) < 4.78 is 22.3. The molecule has 0 radical (unpaired) electrons. The SMILES string of the molecule is Nc1c(-c2cc(Cc3ccc(-c4ccncc4)cc3)no2)ccc[n+]1COP(=O)(O)O. The van der Waals surface area contributed by atoms with Gasteiger partial charge in [0, 0.05) is 24.9 Å². The third-order valence-corrected chi connectivity index (χ3v) is 5.11. The zero-order chi connectivity index (χ0) is 21.8. The van der Waals surface area contributed by atoms with Crippen LogP contribution in [0.2, 0.25) is 0 Å². The van der Waals surface area contributed by atoms with Gasteiger partial charge < -0.3 is 14.3 Å². The van der Waals surface area contributed by atoms with Crippen molar-refractivity contribution in [3.05, 3.63) is 84.4 Å². The van der Waals surface area contributed by atoms with Crippen LogP contribution in [0.25, 0.3) is 22.5 Å². The van der Waals surface area contributed by atoms with E-state index >= 15 is 0 Å². The van der Waals surface area contributed by atoms with Gasteiger partial charge in [-0.1, -0.05) is 29.4 Å². The highest BCUT2D eigenvalue weighted by atomic mass is 31.2. The summed E-state index contributed by atoms with van der Waals surface area (Å²) in [6.45, 7) is -0.394. The van der Waals surface area contributed by atoms with Crippen LogP contribution in [0, 0.1) is 0 Å². The molecule has 0 saturated carbocycles. The van der Waals surface area contributed by atoms with E-state index in [-0.39, 0.29) is 5.82 Å². The van der Waals surface area contributed by atoms with Gasteiger partial charge in [0.15, 0.2) is 5.76 Å². The fourth-order valence-corrected chi connectivity index (χ4v) is 3.39. The molecule has 3 aromatic heterocycles. The predicted octanol–water partition coefficient (Wildman–Crippen LogP) is 2.93. The van der Waals surface area contributed by atoms with Crippen LogP contribution in [0.5, 0.6) is 0 Å². The van der Waals surface area contributed by atoms with Crippen molar-refractivity contribution in [3.8, 4) is 22.5 Å². The number of phosphoric acid groups is 1. The molecule has 4 rings (SSSR count). The summed E-state index contributed by atoms with van der Waals surface area (Å²) in [5, 5.41) is 4.12. The number of nitrogen functional groups attached to an aromatic ring is 1. The van der Waals surface area contributed by atoms with Crippen molar-refractivity contribution in [3.63, 3.8) is 0 Å². The van der Waals surface area contributed by atoms with Crippen molar-refractivity contribution in [1.29, 1.82) is 0 Å². The smallest absolute Gasteiger partial charge is 0.356 e. The standard InChI is InChI=1S/C21H19N4O5P/c22-21-19(2-1-11-25(21)14-29-31(26,27)28)20-13-18(24-30-20)12-15-3-5-16(6-4-15)17-7-9-23-10-8-17/h1-11,13,22H,12,14H2,(H2,26,27,28)/p+1. The maximum atomic E-state index is 10.9. The molecule has 0 fully saturated rings. The maximum Gasteiger partial charge on any atom is 0.472 e. The first-order valence-electron chi connectivity index (χ1n) is 9.32. The number of benzene rings is 1. The van der Waals surface area contributed by atoms with Gasteiger partial charge in [0.05, 0.1) is 11.9 Å². The van der Waals surface area contributed by atoms with E-state index in [1.54, 1.807) is 36.8 Å². The lowest BCUT2D eigenvalue weighted by Gasteiger charge is -2.07. The summed E-state index contributed by atoms with van der Waals surface area (Å²) in [5.41, 5.74) is 10.7. The van der Waals surface area contributed by atoms with E-state index in [0.717, 1.165) is 22.4 Å². The lowest BCUT2D eigenvalue weighted by atomic mass is 10.0. The molecule has 0 aliphatic rings. The molecule has 1 aromatic carbocycles. The van der Waals surface area contributed by atoms with Gasteiger partial charge in [-0.15, -0.1) is 0 Å². The number of hydrogen-bond acceptors (Lipinski definition) is 6. The second-order valence-corrected chi connectivity index (χ2v) is 8.06. The zero-order valence-corrected chi connectivity index (χ0v) is 17.2. The van der Waals surface area contributed by atoms with Crippen LogP contribution in [-0.4, -0.2) is 19.9 Å². The summed E-state index contributed by atoms with van der Waals surface area (Å²) >= 11 is 0. The Balaban J connectivity index is 1.49. The Hall–Kier alpha value is -3.36. The molecule has 3 heterocycles. The van der Waals surface area contributed by atoms with Crippen molar-refractivity contribution < 1.29 is 28.0 Å². The van der Waals surface area contributed by atoms with Gasteiger partial charge in [0.25, 0.3) is 5.82 Å². The molecule has 0 saturated heterocycles. The van der Waals surface area contributed by atoms with Crippen LogP contribution in [0.15, 0.2) is 77.7 Å². The second-order valence-electron chi connectivity index (χ2n) is 6.82. The fraction of sp³-hybridized carbons (Fsp3) is 0.0952. The number of nitrogens with zero attached hydrogens (tertiary/aromatic N) is 3. The first-order chi connectivity index (χ1) is 14.9. The van der Waals surface area contributed by atoms with Crippen LogP contribution in [0.4, 0.5) is 5.82 Å². The van der Waals surface area contributed by atoms with Crippen LogP contribution in [0.3, 0.4) is 0 Å². The fourth-order valence-electron chi connectivity index (χ4n) is 3.11. The lowest BCUT2D eigenvalue weighted by Crippen LogP contribution is -2.38. The van der Waals surface area contributed by atoms with E-state index < -0.39 is 14.6 Å². The largest absolute Gasteiger partial charge is 0.472 e. The highest BCUT2D eigenvalue weighted by Gasteiger charge is 2.20. The van der Waals surface area contributed by atoms with Crippen LogP contribution in [0.1, 0.15) is 11.3 Å².